The highest BCUT2D eigenvalue weighted by molar-refractivity contribution is 14.1. The molecule has 1 aliphatic rings. The van der Waals surface area contributed by atoms with Crippen molar-refractivity contribution in [3.05, 3.63) is 15.5 Å². The van der Waals surface area contributed by atoms with Crippen LogP contribution in [0, 0.1) is 3.57 Å². The average molecular weight is 399 g/mol. The van der Waals surface area contributed by atoms with Gasteiger partial charge in [0.25, 0.3) is 5.92 Å². The van der Waals surface area contributed by atoms with E-state index in [2.05, 4.69) is 5.10 Å². The highest BCUT2D eigenvalue weighted by Crippen LogP contribution is 2.27. The molecular weight excluding hydrogens is 383 g/mol. The van der Waals surface area contributed by atoms with Crippen LogP contribution in [0.25, 0.3) is 0 Å². The van der Waals surface area contributed by atoms with E-state index in [1.807, 2.05) is 22.6 Å². The molecule has 112 valence electrons. The summed E-state index contributed by atoms with van der Waals surface area (Å²) in [6.45, 7) is 3.99. The second-order valence-corrected chi connectivity index (χ2v) is 6.95. The predicted octanol–water partition coefficient (Wildman–Crippen LogP) is 2.87. The Morgan fingerprint density at radius 2 is 2.10 bits per heavy atom. The first-order valence-electron chi connectivity index (χ1n) is 6.13. The van der Waals surface area contributed by atoms with Gasteiger partial charge in [-0.25, -0.2) is 13.6 Å². The summed E-state index contributed by atoms with van der Waals surface area (Å²) in [5, 5.41) is 3.93. The Morgan fingerprint density at radius 1 is 1.45 bits per heavy atom. The maximum Gasteiger partial charge on any atom is 0.410 e. The lowest BCUT2D eigenvalue weighted by atomic mass is 10.2. The van der Waals surface area contributed by atoms with Crippen molar-refractivity contribution in [2.75, 3.05) is 6.54 Å². The lowest BCUT2D eigenvalue weighted by Gasteiger charge is -2.27. The first kappa shape index (κ1) is 15.5. The van der Waals surface area contributed by atoms with Crippen molar-refractivity contribution in [1.29, 1.82) is 0 Å². The Hall–Kier alpha value is -0.930. The van der Waals surface area contributed by atoms with Crippen LogP contribution in [0.1, 0.15) is 26.5 Å². The zero-order chi connectivity index (χ0) is 15.1. The van der Waals surface area contributed by atoms with E-state index in [1.54, 1.807) is 20.8 Å². The SMILES string of the molecule is CC(C)(C)OC(=O)N1Cc2c(I)cnn2CC(F)(F)C1. The van der Waals surface area contributed by atoms with Gasteiger partial charge >= 0.3 is 6.09 Å². The molecule has 20 heavy (non-hydrogen) atoms. The van der Waals surface area contributed by atoms with Gasteiger partial charge in [0.05, 0.1) is 28.6 Å². The smallest absolute Gasteiger partial charge is 0.410 e. The van der Waals surface area contributed by atoms with E-state index in [4.69, 9.17) is 4.74 Å². The van der Waals surface area contributed by atoms with Crippen LogP contribution in [0.2, 0.25) is 0 Å². The van der Waals surface area contributed by atoms with E-state index in [-0.39, 0.29) is 6.54 Å². The van der Waals surface area contributed by atoms with Crippen LogP contribution in [0.4, 0.5) is 13.6 Å². The molecule has 0 N–H and O–H groups in total. The number of hydrogen-bond donors (Lipinski definition) is 0. The molecule has 0 bridgehead atoms. The molecular formula is C12H16F2IN3O2. The molecule has 0 aromatic carbocycles. The number of alkyl halides is 2. The van der Waals surface area contributed by atoms with Crippen LogP contribution in [-0.2, 0) is 17.8 Å². The second-order valence-electron chi connectivity index (χ2n) is 5.79. The minimum Gasteiger partial charge on any atom is -0.444 e. The monoisotopic (exact) mass is 399 g/mol. The minimum absolute atomic E-state index is 0.0722. The van der Waals surface area contributed by atoms with Crippen molar-refractivity contribution in [1.82, 2.24) is 14.7 Å². The van der Waals surface area contributed by atoms with E-state index < -0.39 is 30.7 Å². The third kappa shape index (κ3) is 3.58. The number of ether oxygens (including phenoxy) is 1. The summed E-state index contributed by atoms with van der Waals surface area (Å²) in [4.78, 5) is 13.1. The number of fused-ring (bicyclic) bond motifs is 1. The Morgan fingerprint density at radius 3 is 2.70 bits per heavy atom. The summed E-state index contributed by atoms with van der Waals surface area (Å²) in [6, 6.07) is 0. The molecule has 1 aromatic heterocycles. The van der Waals surface area contributed by atoms with Gasteiger partial charge < -0.3 is 4.74 Å². The van der Waals surface area contributed by atoms with Gasteiger partial charge in [-0.05, 0) is 43.4 Å². The quantitative estimate of drug-likeness (QED) is 0.631. The highest BCUT2D eigenvalue weighted by Gasteiger charge is 2.40. The fourth-order valence-corrected chi connectivity index (χ4v) is 2.50. The standard InChI is InChI=1S/C12H16F2IN3O2/c1-11(2,3)20-10(19)17-5-9-8(15)4-16-18(9)7-12(13,14)6-17/h4H,5-7H2,1-3H3. The molecule has 2 heterocycles. The number of amides is 1. The van der Waals surface area contributed by atoms with Crippen molar-refractivity contribution in [2.45, 2.75) is 45.4 Å². The highest BCUT2D eigenvalue weighted by atomic mass is 127. The van der Waals surface area contributed by atoms with Crippen molar-refractivity contribution in [2.24, 2.45) is 0 Å². The number of carbonyl (C=O) groups excluding carboxylic acids is 1. The predicted molar refractivity (Wildman–Crippen MR) is 76.5 cm³/mol. The van der Waals surface area contributed by atoms with Crippen molar-refractivity contribution >= 4 is 28.7 Å². The second kappa shape index (κ2) is 5.12. The van der Waals surface area contributed by atoms with Gasteiger partial charge in [-0.15, -0.1) is 0 Å². The summed E-state index contributed by atoms with van der Waals surface area (Å²) in [6.07, 6.45) is 0.785. The van der Waals surface area contributed by atoms with Gasteiger partial charge in [0, 0.05) is 0 Å². The Labute approximate surface area is 129 Å². The van der Waals surface area contributed by atoms with Crippen LogP contribution in [0.3, 0.4) is 0 Å². The minimum atomic E-state index is -3.03. The van der Waals surface area contributed by atoms with Gasteiger partial charge in [0.2, 0.25) is 0 Å². The van der Waals surface area contributed by atoms with Crippen LogP contribution in [0.15, 0.2) is 6.20 Å². The topological polar surface area (TPSA) is 47.4 Å². The third-order valence-corrected chi connectivity index (χ3v) is 3.59. The van der Waals surface area contributed by atoms with Gasteiger partial charge in [0.1, 0.15) is 12.1 Å². The number of hydrogen-bond acceptors (Lipinski definition) is 3. The van der Waals surface area contributed by atoms with Crippen LogP contribution in [-0.4, -0.2) is 38.8 Å². The zero-order valence-electron chi connectivity index (χ0n) is 11.5. The Bertz CT molecular complexity index is 525. The number of halogens is 3. The molecule has 0 spiro atoms. The lowest BCUT2D eigenvalue weighted by Crippen LogP contribution is -2.42. The molecule has 0 fully saturated rings. The third-order valence-electron chi connectivity index (χ3n) is 2.69. The van der Waals surface area contributed by atoms with E-state index in [1.165, 1.54) is 10.9 Å². The Balaban J connectivity index is 2.27. The number of aromatic nitrogens is 2. The summed E-state index contributed by atoms with van der Waals surface area (Å²) in [7, 11) is 0. The van der Waals surface area contributed by atoms with Crippen molar-refractivity contribution in [3.63, 3.8) is 0 Å². The number of nitrogens with zero attached hydrogens (tertiary/aromatic N) is 3. The summed E-state index contributed by atoms with van der Waals surface area (Å²) >= 11 is 2.02. The zero-order valence-corrected chi connectivity index (χ0v) is 13.6. The fraction of sp³-hybridized carbons (Fsp3) is 0.667. The van der Waals surface area contributed by atoms with E-state index in [0.717, 1.165) is 8.47 Å². The van der Waals surface area contributed by atoms with Crippen molar-refractivity contribution in [3.8, 4) is 0 Å². The van der Waals surface area contributed by atoms with E-state index >= 15 is 0 Å². The van der Waals surface area contributed by atoms with Crippen LogP contribution >= 0.6 is 22.6 Å². The lowest BCUT2D eigenvalue weighted by molar-refractivity contribution is -0.0491. The molecule has 0 aliphatic carbocycles. The van der Waals surface area contributed by atoms with E-state index in [0.29, 0.717) is 5.69 Å². The Kier molecular flexibility index (Phi) is 3.96. The first-order chi connectivity index (χ1) is 9.07. The molecule has 1 amide bonds. The van der Waals surface area contributed by atoms with Crippen LogP contribution < -0.4 is 0 Å². The fourth-order valence-electron chi connectivity index (χ4n) is 1.92. The molecule has 1 aliphatic heterocycles. The maximum absolute atomic E-state index is 13.9. The normalized spacial score (nSPS) is 18.4. The molecule has 0 unspecified atom stereocenters. The molecule has 0 radical (unpaired) electrons. The first-order valence-corrected chi connectivity index (χ1v) is 7.21. The molecule has 8 heteroatoms. The molecule has 2 rings (SSSR count). The largest absolute Gasteiger partial charge is 0.444 e. The molecule has 1 aromatic rings. The number of carbonyl (C=O) groups is 1. The molecule has 0 saturated carbocycles. The summed E-state index contributed by atoms with van der Waals surface area (Å²) in [5.74, 6) is -3.03. The van der Waals surface area contributed by atoms with Gasteiger partial charge in [-0.1, -0.05) is 0 Å². The summed E-state index contributed by atoms with van der Waals surface area (Å²) in [5.41, 5.74) is -0.111. The molecule has 0 atom stereocenters. The average Bonchev–Trinajstić information content (AvgIpc) is 2.51. The van der Waals surface area contributed by atoms with Gasteiger partial charge in [0.15, 0.2) is 0 Å². The molecule has 5 nitrogen and oxygen atoms in total. The van der Waals surface area contributed by atoms with E-state index in [9.17, 15) is 13.6 Å². The number of rotatable bonds is 0. The maximum atomic E-state index is 13.9. The van der Waals surface area contributed by atoms with Crippen LogP contribution in [0.5, 0.6) is 0 Å². The summed E-state index contributed by atoms with van der Waals surface area (Å²) < 4.78 is 35.0. The molecule has 0 saturated heterocycles. The van der Waals surface area contributed by atoms with Crippen molar-refractivity contribution < 1.29 is 18.3 Å². The van der Waals surface area contributed by atoms with Gasteiger partial charge in [-0.2, -0.15) is 5.10 Å². The van der Waals surface area contributed by atoms with Gasteiger partial charge in [-0.3, -0.25) is 9.58 Å².